The Morgan fingerprint density at radius 1 is 1.06 bits per heavy atom. The summed E-state index contributed by atoms with van der Waals surface area (Å²) < 4.78 is 7.20. The monoisotopic (exact) mass is 429 g/mol. The summed E-state index contributed by atoms with van der Waals surface area (Å²) in [6, 6.07) is 17.9. The number of rotatable bonds is 9. The molecule has 0 aliphatic heterocycles. The van der Waals surface area contributed by atoms with E-state index < -0.39 is 0 Å². The number of carbonyl (C=O) groups is 1. The number of nitrogens with one attached hydrogen (secondary N) is 1. The van der Waals surface area contributed by atoms with Gasteiger partial charge in [0.1, 0.15) is 5.75 Å². The molecule has 0 atom stereocenters. The minimum absolute atomic E-state index is 0.0261. The van der Waals surface area contributed by atoms with Gasteiger partial charge in [-0.05, 0) is 46.9 Å². The van der Waals surface area contributed by atoms with Gasteiger partial charge in [0.15, 0.2) is 11.5 Å². The molecule has 8 heteroatoms. The molecule has 0 aliphatic rings. The second-order valence-corrected chi connectivity index (χ2v) is 7.33. The fraction of sp³-hybridized carbons (Fsp3) is 0.167. The molecule has 0 fully saturated rings. The van der Waals surface area contributed by atoms with Crippen LogP contribution in [0.15, 0.2) is 73.1 Å². The van der Waals surface area contributed by atoms with Gasteiger partial charge in [-0.1, -0.05) is 42.5 Å². The SMILES string of the molecule is COc1ccc(Cn2cc(CCc3ccccc3)c(C(=O)C=C(O)c3nn[nH]n3)c2)cc1. The number of hydrogen-bond acceptors (Lipinski definition) is 6. The molecule has 2 aromatic carbocycles. The maximum atomic E-state index is 13.0. The number of H-pyrrole nitrogens is 1. The van der Waals surface area contributed by atoms with Crippen LogP contribution >= 0.6 is 0 Å². The van der Waals surface area contributed by atoms with Crippen molar-refractivity contribution in [3.8, 4) is 5.75 Å². The predicted octanol–water partition coefficient (Wildman–Crippen LogP) is 3.63. The van der Waals surface area contributed by atoms with Crippen molar-refractivity contribution >= 4 is 11.5 Å². The van der Waals surface area contributed by atoms with Crippen LogP contribution in [-0.2, 0) is 19.4 Å². The minimum atomic E-state index is -0.333. The number of tetrazole rings is 1. The standard InChI is InChI=1S/C24H23N5O3/c1-32-20-11-8-18(9-12-20)14-29-15-19(10-7-17-5-3-2-4-6-17)21(16-29)22(30)13-23(31)24-25-27-28-26-24/h2-6,8-9,11-13,15-16,31H,7,10,14H2,1H3,(H,25,26,27,28). The molecule has 32 heavy (non-hydrogen) atoms. The van der Waals surface area contributed by atoms with Crippen LogP contribution in [0, 0.1) is 0 Å². The van der Waals surface area contributed by atoms with Crippen LogP contribution in [0.5, 0.6) is 5.75 Å². The summed E-state index contributed by atoms with van der Waals surface area (Å²) in [7, 11) is 1.63. The highest BCUT2D eigenvalue weighted by Crippen LogP contribution is 2.19. The average Bonchev–Trinajstić information content (AvgIpc) is 3.49. The van der Waals surface area contributed by atoms with Crippen LogP contribution in [0.3, 0.4) is 0 Å². The van der Waals surface area contributed by atoms with Crippen molar-refractivity contribution in [3.05, 3.63) is 101 Å². The van der Waals surface area contributed by atoms with Gasteiger partial charge in [0, 0.05) is 30.6 Å². The number of ether oxygens (including phenoxy) is 1. The number of aromatic nitrogens is 5. The van der Waals surface area contributed by atoms with E-state index in [4.69, 9.17) is 4.74 Å². The smallest absolute Gasteiger partial charge is 0.239 e. The number of nitrogens with zero attached hydrogens (tertiary/aromatic N) is 4. The van der Waals surface area contributed by atoms with Gasteiger partial charge in [-0.25, -0.2) is 0 Å². The molecular weight excluding hydrogens is 406 g/mol. The van der Waals surface area contributed by atoms with Crippen molar-refractivity contribution in [2.75, 3.05) is 7.11 Å². The zero-order valence-electron chi connectivity index (χ0n) is 17.6. The second kappa shape index (κ2) is 9.74. The highest BCUT2D eigenvalue weighted by Gasteiger charge is 2.16. The fourth-order valence-electron chi connectivity index (χ4n) is 3.47. The molecule has 0 aliphatic carbocycles. The minimum Gasteiger partial charge on any atom is -0.504 e. The number of methoxy groups -OCH3 is 1. The van der Waals surface area contributed by atoms with E-state index in [-0.39, 0.29) is 17.4 Å². The van der Waals surface area contributed by atoms with E-state index in [1.807, 2.05) is 59.4 Å². The maximum Gasteiger partial charge on any atom is 0.239 e. The third kappa shape index (κ3) is 5.10. The summed E-state index contributed by atoms with van der Waals surface area (Å²) in [6.45, 7) is 0.607. The quantitative estimate of drug-likeness (QED) is 0.239. The van der Waals surface area contributed by atoms with Crippen LogP contribution < -0.4 is 4.74 Å². The van der Waals surface area contributed by atoms with Crippen molar-refractivity contribution in [3.63, 3.8) is 0 Å². The van der Waals surface area contributed by atoms with E-state index in [9.17, 15) is 9.90 Å². The first-order valence-electron chi connectivity index (χ1n) is 10.2. The zero-order chi connectivity index (χ0) is 22.3. The topological polar surface area (TPSA) is 106 Å². The normalized spacial score (nSPS) is 11.5. The van der Waals surface area contributed by atoms with Crippen molar-refractivity contribution in [2.45, 2.75) is 19.4 Å². The summed E-state index contributed by atoms with van der Waals surface area (Å²) >= 11 is 0. The first-order valence-corrected chi connectivity index (χ1v) is 10.2. The van der Waals surface area contributed by atoms with Gasteiger partial charge in [-0.15, -0.1) is 10.2 Å². The number of hydrogen-bond donors (Lipinski definition) is 2. The highest BCUT2D eigenvalue weighted by molar-refractivity contribution is 6.08. The molecule has 2 aromatic heterocycles. The molecule has 0 unspecified atom stereocenters. The molecule has 8 nitrogen and oxygen atoms in total. The zero-order valence-corrected chi connectivity index (χ0v) is 17.6. The molecule has 2 heterocycles. The van der Waals surface area contributed by atoms with Crippen LogP contribution in [0.2, 0.25) is 0 Å². The van der Waals surface area contributed by atoms with Gasteiger partial charge in [-0.2, -0.15) is 5.21 Å². The Kier molecular flexibility index (Phi) is 6.41. The Morgan fingerprint density at radius 3 is 2.53 bits per heavy atom. The number of carbonyl (C=O) groups excluding carboxylic acids is 1. The largest absolute Gasteiger partial charge is 0.504 e. The molecule has 162 valence electrons. The molecule has 0 saturated carbocycles. The first-order chi connectivity index (χ1) is 15.6. The first kappa shape index (κ1) is 21.0. The van der Waals surface area contributed by atoms with Gasteiger partial charge in [0.2, 0.25) is 5.82 Å². The molecule has 0 saturated heterocycles. The van der Waals surface area contributed by atoms with Crippen molar-refractivity contribution in [2.24, 2.45) is 0 Å². The third-order valence-corrected chi connectivity index (χ3v) is 5.12. The number of allylic oxidation sites excluding steroid dienone is 1. The van der Waals surface area contributed by atoms with Gasteiger partial charge in [0.05, 0.1) is 7.11 Å². The number of benzene rings is 2. The number of aromatic amines is 1. The number of aryl methyl sites for hydroxylation is 2. The molecule has 4 rings (SSSR count). The van der Waals surface area contributed by atoms with E-state index in [1.165, 1.54) is 5.56 Å². The van der Waals surface area contributed by atoms with E-state index >= 15 is 0 Å². The Balaban J connectivity index is 1.59. The van der Waals surface area contributed by atoms with E-state index in [2.05, 4.69) is 32.8 Å². The number of ketones is 1. The van der Waals surface area contributed by atoms with E-state index in [1.54, 1.807) is 7.11 Å². The van der Waals surface area contributed by atoms with Gasteiger partial charge >= 0.3 is 0 Å². The summed E-state index contributed by atoms with van der Waals surface area (Å²) in [5, 5.41) is 23.2. The fourth-order valence-corrected chi connectivity index (χ4v) is 3.47. The molecule has 0 bridgehead atoms. The molecule has 4 aromatic rings. The number of aliphatic hydroxyl groups is 1. The van der Waals surface area contributed by atoms with Gasteiger partial charge in [-0.3, -0.25) is 4.79 Å². The average molecular weight is 429 g/mol. The van der Waals surface area contributed by atoms with Crippen molar-refractivity contribution in [1.82, 2.24) is 25.2 Å². The van der Waals surface area contributed by atoms with E-state index in [0.29, 0.717) is 18.5 Å². The number of aliphatic hydroxyl groups excluding tert-OH is 1. The summed E-state index contributed by atoms with van der Waals surface area (Å²) in [5.41, 5.74) is 3.72. The van der Waals surface area contributed by atoms with Crippen LogP contribution in [0.25, 0.3) is 5.76 Å². The van der Waals surface area contributed by atoms with Crippen molar-refractivity contribution < 1.29 is 14.6 Å². The molecule has 0 spiro atoms. The lowest BCUT2D eigenvalue weighted by Gasteiger charge is -2.05. The Labute approximate surface area is 185 Å². The molecular formula is C24H23N5O3. The van der Waals surface area contributed by atoms with Gasteiger partial charge in [0.25, 0.3) is 0 Å². The van der Waals surface area contributed by atoms with Crippen LogP contribution in [-0.4, -0.2) is 43.2 Å². The summed E-state index contributed by atoms with van der Waals surface area (Å²) in [4.78, 5) is 13.0. The lowest BCUT2D eigenvalue weighted by Crippen LogP contribution is -2.01. The van der Waals surface area contributed by atoms with Crippen molar-refractivity contribution in [1.29, 1.82) is 0 Å². The predicted molar refractivity (Wildman–Crippen MR) is 119 cm³/mol. The maximum absolute atomic E-state index is 13.0. The summed E-state index contributed by atoms with van der Waals surface area (Å²) in [5.74, 6) is 0.120. The summed E-state index contributed by atoms with van der Waals surface area (Å²) in [6.07, 6.45) is 6.42. The highest BCUT2D eigenvalue weighted by atomic mass is 16.5. The third-order valence-electron chi connectivity index (χ3n) is 5.12. The van der Waals surface area contributed by atoms with Gasteiger partial charge < -0.3 is 14.4 Å². The second-order valence-electron chi connectivity index (χ2n) is 7.33. The lowest BCUT2D eigenvalue weighted by molar-refractivity contribution is 0.104. The Morgan fingerprint density at radius 2 is 1.84 bits per heavy atom. The Bertz CT molecular complexity index is 1200. The van der Waals surface area contributed by atoms with Crippen LogP contribution in [0.4, 0.5) is 0 Å². The Hall–Kier alpha value is -4.20. The molecule has 0 radical (unpaired) electrons. The molecule has 0 amide bonds. The molecule has 2 N–H and O–H groups in total. The lowest BCUT2D eigenvalue weighted by atomic mass is 10.0. The van der Waals surface area contributed by atoms with Crippen LogP contribution in [0.1, 0.15) is 32.9 Å². The van der Waals surface area contributed by atoms with E-state index in [0.717, 1.165) is 29.4 Å².